The van der Waals surface area contributed by atoms with E-state index in [2.05, 4.69) is 21.3 Å². The predicted octanol–water partition coefficient (Wildman–Crippen LogP) is 1.53. The predicted molar refractivity (Wildman–Crippen MR) is 65.0 cm³/mol. The van der Waals surface area contributed by atoms with Gasteiger partial charge < -0.3 is 10.3 Å². The van der Waals surface area contributed by atoms with Gasteiger partial charge in [0.2, 0.25) is 0 Å². The minimum absolute atomic E-state index is 0.714. The van der Waals surface area contributed by atoms with Crippen LogP contribution in [0.4, 0.5) is 0 Å². The van der Waals surface area contributed by atoms with Gasteiger partial charge in [0.15, 0.2) is 0 Å². The number of nitrogens with two attached hydrogens (primary N) is 1. The molecule has 0 saturated carbocycles. The minimum Gasteiger partial charge on any atom is -0.334 e. The molecule has 84 valence electrons. The van der Waals surface area contributed by atoms with E-state index in [4.69, 9.17) is 5.73 Å². The molecule has 1 saturated heterocycles. The van der Waals surface area contributed by atoms with Crippen molar-refractivity contribution in [2.45, 2.75) is 25.8 Å². The molecule has 2 N–H and O–H groups in total. The maximum atomic E-state index is 5.58. The smallest absolute Gasteiger partial charge is 0.0948 e. The van der Waals surface area contributed by atoms with E-state index in [0.29, 0.717) is 6.54 Å². The number of imidazole rings is 1. The molecule has 0 aromatic carbocycles. The Morgan fingerprint density at radius 2 is 2.27 bits per heavy atom. The summed E-state index contributed by atoms with van der Waals surface area (Å²) in [6, 6.07) is 0. The molecular formula is C11H19N3S. The molecule has 0 aliphatic carbocycles. The summed E-state index contributed by atoms with van der Waals surface area (Å²) in [4.78, 5) is 4.21. The van der Waals surface area contributed by atoms with E-state index in [1.807, 2.05) is 12.5 Å². The second kappa shape index (κ2) is 5.56. The van der Waals surface area contributed by atoms with Crippen molar-refractivity contribution in [3.05, 3.63) is 18.2 Å². The zero-order valence-corrected chi connectivity index (χ0v) is 9.88. The summed E-state index contributed by atoms with van der Waals surface area (Å²) in [5.74, 6) is 3.49. The van der Waals surface area contributed by atoms with E-state index in [1.165, 1.54) is 30.0 Å². The van der Waals surface area contributed by atoms with Crippen LogP contribution in [0.15, 0.2) is 12.5 Å². The third kappa shape index (κ3) is 2.98. The Hall–Kier alpha value is -0.480. The van der Waals surface area contributed by atoms with Crippen molar-refractivity contribution in [3.63, 3.8) is 0 Å². The summed E-state index contributed by atoms with van der Waals surface area (Å²) in [5, 5.41) is 0. The number of hydrogen-bond donors (Lipinski definition) is 1. The van der Waals surface area contributed by atoms with Gasteiger partial charge in [-0.05, 0) is 36.8 Å². The highest BCUT2D eigenvalue weighted by Crippen LogP contribution is 2.24. The van der Waals surface area contributed by atoms with Crippen molar-refractivity contribution < 1.29 is 0 Å². The van der Waals surface area contributed by atoms with Crippen LogP contribution >= 0.6 is 11.8 Å². The van der Waals surface area contributed by atoms with Crippen LogP contribution in [-0.2, 0) is 13.0 Å². The van der Waals surface area contributed by atoms with Gasteiger partial charge in [-0.1, -0.05) is 0 Å². The van der Waals surface area contributed by atoms with E-state index in [9.17, 15) is 0 Å². The third-order valence-electron chi connectivity index (χ3n) is 2.99. The second-order valence-electron chi connectivity index (χ2n) is 4.13. The average molecular weight is 225 g/mol. The van der Waals surface area contributed by atoms with Crippen molar-refractivity contribution in [2.24, 2.45) is 11.7 Å². The number of aromatic nitrogens is 2. The van der Waals surface area contributed by atoms with E-state index < -0.39 is 0 Å². The Morgan fingerprint density at radius 1 is 1.47 bits per heavy atom. The Morgan fingerprint density at radius 3 is 3.00 bits per heavy atom. The van der Waals surface area contributed by atoms with Crippen LogP contribution in [0.5, 0.6) is 0 Å². The topological polar surface area (TPSA) is 43.8 Å². The molecule has 1 aliphatic heterocycles. The maximum absolute atomic E-state index is 5.58. The lowest BCUT2D eigenvalue weighted by atomic mass is 10.0. The SMILES string of the molecule is NCCc1cncn1CC1CCSCC1. The number of rotatable bonds is 4. The molecule has 15 heavy (non-hydrogen) atoms. The number of nitrogens with zero attached hydrogens (tertiary/aromatic N) is 2. The summed E-state index contributed by atoms with van der Waals surface area (Å²) in [5.41, 5.74) is 6.87. The van der Waals surface area contributed by atoms with Crippen LogP contribution in [0.25, 0.3) is 0 Å². The van der Waals surface area contributed by atoms with Gasteiger partial charge >= 0.3 is 0 Å². The minimum atomic E-state index is 0.714. The monoisotopic (exact) mass is 225 g/mol. The first-order valence-electron chi connectivity index (χ1n) is 5.67. The first-order valence-corrected chi connectivity index (χ1v) is 6.82. The molecule has 1 fully saturated rings. The first-order chi connectivity index (χ1) is 7.40. The lowest BCUT2D eigenvalue weighted by Crippen LogP contribution is -2.18. The molecule has 4 heteroatoms. The van der Waals surface area contributed by atoms with Gasteiger partial charge in [-0.3, -0.25) is 0 Å². The van der Waals surface area contributed by atoms with Gasteiger partial charge in [0, 0.05) is 24.9 Å². The Balaban J connectivity index is 1.93. The molecule has 0 radical (unpaired) electrons. The van der Waals surface area contributed by atoms with Gasteiger partial charge in [0.05, 0.1) is 6.33 Å². The molecule has 0 amide bonds. The highest BCUT2D eigenvalue weighted by atomic mass is 32.2. The number of thioether (sulfide) groups is 1. The van der Waals surface area contributed by atoms with Gasteiger partial charge in [-0.15, -0.1) is 0 Å². The van der Waals surface area contributed by atoms with Gasteiger partial charge in [0.1, 0.15) is 0 Å². The second-order valence-corrected chi connectivity index (χ2v) is 5.36. The molecule has 0 unspecified atom stereocenters. The molecule has 0 bridgehead atoms. The van der Waals surface area contributed by atoms with E-state index in [1.54, 1.807) is 0 Å². The lowest BCUT2D eigenvalue weighted by molar-refractivity contribution is 0.410. The normalized spacial score (nSPS) is 18.2. The number of hydrogen-bond acceptors (Lipinski definition) is 3. The molecule has 3 nitrogen and oxygen atoms in total. The molecule has 1 aromatic rings. The van der Waals surface area contributed by atoms with Crippen LogP contribution in [0.1, 0.15) is 18.5 Å². The molecule has 2 rings (SSSR count). The molecule has 1 aliphatic rings. The van der Waals surface area contributed by atoms with E-state index >= 15 is 0 Å². The maximum Gasteiger partial charge on any atom is 0.0948 e. The van der Waals surface area contributed by atoms with Crippen molar-refractivity contribution >= 4 is 11.8 Å². The highest BCUT2D eigenvalue weighted by molar-refractivity contribution is 7.99. The van der Waals surface area contributed by atoms with Crippen LogP contribution in [0, 0.1) is 5.92 Å². The summed E-state index contributed by atoms with van der Waals surface area (Å²) >= 11 is 2.08. The molecular weight excluding hydrogens is 206 g/mol. The lowest BCUT2D eigenvalue weighted by Gasteiger charge is -2.22. The Bertz CT molecular complexity index is 292. The van der Waals surface area contributed by atoms with E-state index in [-0.39, 0.29) is 0 Å². The van der Waals surface area contributed by atoms with E-state index in [0.717, 1.165) is 18.9 Å². The zero-order valence-electron chi connectivity index (χ0n) is 9.06. The summed E-state index contributed by atoms with van der Waals surface area (Å²) in [6.45, 7) is 1.85. The Labute approximate surface area is 95.4 Å². The molecule has 0 spiro atoms. The average Bonchev–Trinajstić information content (AvgIpc) is 2.68. The van der Waals surface area contributed by atoms with Crippen molar-refractivity contribution in [2.75, 3.05) is 18.1 Å². The van der Waals surface area contributed by atoms with Crippen molar-refractivity contribution in [1.29, 1.82) is 0 Å². The standard InChI is InChI=1S/C11H19N3S/c12-4-1-11-7-13-9-14(11)8-10-2-5-15-6-3-10/h7,9-10H,1-6,8,12H2. The quantitative estimate of drug-likeness (QED) is 0.845. The van der Waals surface area contributed by atoms with Crippen molar-refractivity contribution in [1.82, 2.24) is 9.55 Å². The van der Waals surface area contributed by atoms with Crippen LogP contribution in [0.3, 0.4) is 0 Å². The molecule has 0 atom stereocenters. The van der Waals surface area contributed by atoms with Crippen molar-refractivity contribution in [3.8, 4) is 0 Å². The fourth-order valence-corrected chi connectivity index (χ4v) is 3.28. The summed E-state index contributed by atoms with van der Waals surface area (Å²) < 4.78 is 2.29. The fraction of sp³-hybridized carbons (Fsp3) is 0.727. The largest absolute Gasteiger partial charge is 0.334 e. The Kier molecular flexibility index (Phi) is 4.09. The van der Waals surface area contributed by atoms with Crippen LogP contribution in [-0.4, -0.2) is 27.6 Å². The van der Waals surface area contributed by atoms with Gasteiger partial charge in [-0.2, -0.15) is 11.8 Å². The molecule has 1 aromatic heterocycles. The highest BCUT2D eigenvalue weighted by Gasteiger charge is 2.15. The van der Waals surface area contributed by atoms with Gasteiger partial charge in [-0.25, -0.2) is 4.98 Å². The van der Waals surface area contributed by atoms with Crippen LogP contribution in [0.2, 0.25) is 0 Å². The van der Waals surface area contributed by atoms with Crippen LogP contribution < -0.4 is 5.73 Å². The summed E-state index contributed by atoms with van der Waals surface area (Å²) in [7, 11) is 0. The first kappa shape index (κ1) is 11.0. The molecule has 2 heterocycles. The third-order valence-corrected chi connectivity index (χ3v) is 4.04. The zero-order chi connectivity index (χ0) is 10.5. The summed E-state index contributed by atoms with van der Waals surface area (Å²) in [6.07, 6.45) is 7.55. The fourth-order valence-electron chi connectivity index (χ4n) is 2.08. The van der Waals surface area contributed by atoms with Gasteiger partial charge in [0.25, 0.3) is 0 Å².